The second-order valence-corrected chi connectivity index (χ2v) is 5.69. The van der Waals surface area contributed by atoms with Gasteiger partial charge in [-0.05, 0) is 25.7 Å². The van der Waals surface area contributed by atoms with Crippen LogP contribution in [0.2, 0.25) is 0 Å². The van der Waals surface area contributed by atoms with Gasteiger partial charge in [0.1, 0.15) is 12.6 Å². The highest BCUT2D eigenvalue weighted by Crippen LogP contribution is 2.35. The molecule has 0 aromatic rings. The molecular weight excluding hydrogens is 246 g/mol. The van der Waals surface area contributed by atoms with Gasteiger partial charge in [0.15, 0.2) is 0 Å². The first kappa shape index (κ1) is 12.6. The average molecular weight is 265 g/mol. The third kappa shape index (κ3) is 2.04. The molecule has 19 heavy (non-hydrogen) atoms. The Hall–Kier alpha value is -1.43. The zero-order valence-corrected chi connectivity index (χ0v) is 11.0. The molecule has 3 amide bonds. The predicted octanol–water partition coefficient (Wildman–Crippen LogP) is -0.609. The molecule has 2 N–H and O–H groups in total. The van der Waals surface area contributed by atoms with E-state index in [1.807, 2.05) is 6.92 Å². The van der Waals surface area contributed by atoms with E-state index in [9.17, 15) is 14.4 Å². The first-order valence-corrected chi connectivity index (χ1v) is 7.00. The number of carbonyl (C=O) groups is 3. The first-order chi connectivity index (χ1) is 9.10. The van der Waals surface area contributed by atoms with Crippen molar-refractivity contribution in [2.45, 2.75) is 50.7 Å². The van der Waals surface area contributed by atoms with Crippen LogP contribution >= 0.6 is 0 Å². The number of carbonyl (C=O) groups excluding carboxylic acids is 3. The number of amides is 3. The van der Waals surface area contributed by atoms with Crippen molar-refractivity contribution in [1.82, 2.24) is 15.5 Å². The van der Waals surface area contributed by atoms with Crippen LogP contribution in [0.25, 0.3) is 0 Å². The van der Waals surface area contributed by atoms with E-state index in [1.165, 1.54) is 4.90 Å². The highest BCUT2D eigenvalue weighted by Gasteiger charge is 2.47. The zero-order chi connectivity index (χ0) is 13.6. The summed E-state index contributed by atoms with van der Waals surface area (Å²) in [6.45, 7) is 1.87. The summed E-state index contributed by atoms with van der Waals surface area (Å²) in [7, 11) is 0. The Morgan fingerprint density at radius 3 is 2.74 bits per heavy atom. The number of rotatable bonds is 2. The molecule has 3 aliphatic heterocycles. The molecule has 3 fully saturated rings. The lowest BCUT2D eigenvalue weighted by atomic mass is 9.87. The monoisotopic (exact) mass is 265 g/mol. The fraction of sp³-hybridized carbons (Fsp3) is 0.769. The van der Waals surface area contributed by atoms with Crippen LogP contribution in [0, 0.1) is 5.92 Å². The number of fused-ring (bicyclic) bond motifs is 2. The molecular formula is C13H19N3O3. The van der Waals surface area contributed by atoms with Gasteiger partial charge < -0.3 is 10.2 Å². The third-order valence-electron chi connectivity index (χ3n) is 4.54. The standard InChI is InChI=1S/C13H19N3O3/c1-2-10-12(18)15-11(17)6-16(10)13(19)8-5-7-3-4-9(8)14-7/h7-10,14H,2-6H2,1H3,(H,15,17,18). The van der Waals surface area contributed by atoms with Gasteiger partial charge in [0.05, 0.1) is 5.92 Å². The summed E-state index contributed by atoms with van der Waals surface area (Å²) in [6.07, 6.45) is 3.53. The summed E-state index contributed by atoms with van der Waals surface area (Å²) >= 11 is 0. The van der Waals surface area contributed by atoms with Crippen molar-refractivity contribution < 1.29 is 14.4 Å². The van der Waals surface area contributed by atoms with Gasteiger partial charge >= 0.3 is 0 Å². The maximum absolute atomic E-state index is 12.6. The molecule has 104 valence electrons. The largest absolute Gasteiger partial charge is 0.321 e. The van der Waals surface area contributed by atoms with Crippen LogP contribution in [0.15, 0.2) is 0 Å². The van der Waals surface area contributed by atoms with Crippen LogP contribution in [0.4, 0.5) is 0 Å². The molecule has 3 aliphatic rings. The van der Waals surface area contributed by atoms with E-state index in [1.54, 1.807) is 0 Å². The molecule has 3 rings (SSSR count). The van der Waals surface area contributed by atoms with Crippen molar-refractivity contribution in [3.05, 3.63) is 0 Å². The summed E-state index contributed by atoms with van der Waals surface area (Å²) < 4.78 is 0. The lowest BCUT2D eigenvalue weighted by Gasteiger charge is -2.36. The van der Waals surface area contributed by atoms with E-state index < -0.39 is 6.04 Å². The maximum atomic E-state index is 12.6. The average Bonchev–Trinajstić information content (AvgIpc) is 2.99. The van der Waals surface area contributed by atoms with Gasteiger partial charge in [0, 0.05) is 12.1 Å². The molecule has 0 aliphatic carbocycles. The molecule has 6 heteroatoms. The van der Waals surface area contributed by atoms with Crippen LogP contribution in [-0.4, -0.2) is 47.3 Å². The van der Waals surface area contributed by atoms with Crippen molar-refractivity contribution in [1.29, 1.82) is 0 Å². The number of hydrogen-bond acceptors (Lipinski definition) is 4. The number of imide groups is 1. The minimum atomic E-state index is -0.496. The predicted molar refractivity (Wildman–Crippen MR) is 67.0 cm³/mol. The molecule has 0 saturated carbocycles. The van der Waals surface area contributed by atoms with Crippen molar-refractivity contribution in [2.75, 3.05) is 6.54 Å². The van der Waals surface area contributed by atoms with E-state index >= 15 is 0 Å². The second-order valence-electron chi connectivity index (χ2n) is 5.69. The smallest absolute Gasteiger partial charge is 0.249 e. The number of nitrogens with zero attached hydrogens (tertiary/aromatic N) is 1. The fourth-order valence-electron chi connectivity index (χ4n) is 3.61. The number of hydrogen-bond donors (Lipinski definition) is 2. The summed E-state index contributed by atoms with van der Waals surface area (Å²) in [5, 5.41) is 5.72. The van der Waals surface area contributed by atoms with Crippen molar-refractivity contribution in [3.8, 4) is 0 Å². The van der Waals surface area contributed by atoms with Crippen molar-refractivity contribution >= 4 is 17.7 Å². The van der Waals surface area contributed by atoms with E-state index in [2.05, 4.69) is 10.6 Å². The van der Waals surface area contributed by atoms with Crippen molar-refractivity contribution in [3.63, 3.8) is 0 Å². The molecule has 0 aromatic carbocycles. The Labute approximate surface area is 111 Å². The lowest BCUT2D eigenvalue weighted by molar-refractivity contribution is -0.152. The normalized spacial score (nSPS) is 37.6. The van der Waals surface area contributed by atoms with Gasteiger partial charge in [0.25, 0.3) is 0 Å². The van der Waals surface area contributed by atoms with Gasteiger partial charge in [-0.25, -0.2) is 0 Å². The molecule has 0 radical (unpaired) electrons. The van der Waals surface area contributed by atoms with Gasteiger partial charge in [0.2, 0.25) is 17.7 Å². The summed E-state index contributed by atoms with van der Waals surface area (Å²) in [6, 6.07) is 0.174. The minimum Gasteiger partial charge on any atom is -0.321 e. The van der Waals surface area contributed by atoms with Crippen LogP contribution < -0.4 is 10.6 Å². The Kier molecular flexibility index (Phi) is 3.05. The van der Waals surface area contributed by atoms with E-state index in [4.69, 9.17) is 0 Å². The van der Waals surface area contributed by atoms with E-state index in [0.717, 1.165) is 19.3 Å². The molecule has 4 unspecified atom stereocenters. The highest BCUT2D eigenvalue weighted by atomic mass is 16.2. The Balaban J connectivity index is 1.77. The van der Waals surface area contributed by atoms with Crippen LogP contribution in [0.1, 0.15) is 32.6 Å². The zero-order valence-electron chi connectivity index (χ0n) is 11.0. The summed E-state index contributed by atoms with van der Waals surface area (Å²) in [5.41, 5.74) is 0. The van der Waals surface area contributed by atoms with E-state index in [-0.39, 0.29) is 36.2 Å². The number of nitrogens with one attached hydrogen (secondary N) is 2. The highest BCUT2D eigenvalue weighted by molar-refractivity contribution is 6.04. The minimum absolute atomic E-state index is 0.0109. The van der Waals surface area contributed by atoms with Gasteiger partial charge in [-0.15, -0.1) is 0 Å². The molecule has 4 atom stereocenters. The topological polar surface area (TPSA) is 78.5 Å². The second kappa shape index (κ2) is 4.59. The van der Waals surface area contributed by atoms with Crippen LogP contribution in [0.3, 0.4) is 0 Å². The molecule has 6 nitrogen and oxygen atoms in total. The quantitative estimate of drug-likeness (QED) is 0.653. The first-order valence-electron chi connectivity index (χ1n) is 7.00. The van der Waals surface area contributed by atoms with Gasteiger partial charge in [-0.3, -0.25) is 19.7 Å². The third-order valence-corrected chi connectivity index (χ3v) is 4.54. The maximum Gasteiger partial charge on any atom is 0.249 e. The summed E-state index contributed by atoms with van der Waals surface area (Å²) in [5.74, 6) is -0.816. The Bertz CT molecular complexity index is 437. The van der Waals surface area contributed by atoms with Crippen LogP contribution in [0.5, 0.6) is 0 Å². The SMILES string of the molecule is CCC1C(=O)NC(=O)CN1C(=O)C1CC2CCC1N2. The fourth-order valence-corrected chi connectivity index (χ4v) is 3.61. The Morgan fingerprint density at radius 1 is 1.37 bits per heavy atom. The Morgan fingerprint density at radius 2 is 2.16 bits per heavy atom. The summed E-state index contributed by atoms with van der Waals surface area (Å²) in [4.78, 5) is 37.4. The molecule has 0 spiro atoms. The molecule has 3 heterocycles. The number of piperazine rings is 1. The molecule has 2 bridgehead atoms. The molecule has 3 saturated heterocycles. The van der Waals surface area contributed by atoms with Crippen LogP contribution in [-0.2, 0) is 14.4 Å². The van der Waals surface area contributed by atoms with Crippen molar-refractivity contribution in [2.24, 2.45) is 5.92 Å². The van der Waals surface area contributed by atoms with Gasteiger partial charge in [-0.2, -0.15) is 0 Å². The van der Waals surface area contributed by atoms with Gasteiger partial charge in [-0.1, -0.05) is 6.92 Å². The van der Waals surface area contributed by atoms with E-state index in [0.29, 0.717) is 12.5 Å². The lowest BCUT2D eigenvalue weighted by Crippen LogP contribution is -2.61. The molecule has 0 aromatic heterocycles.